The molecule has 1 aliphatic heterocycles. The number of alkyl halides is 1. The van der Waals surface area contributed by atoms with Crippen molar-refractivity contribution in [2.75, 3.05) is 43.9 Å². The number of benzene rings is 1. The van der Waals surface area contributed by atoms with Crippen LogP contribution in [0.15, 0.2) is 27.6 Å². The Labute approximate surface area is 186 Å². The molecule has 0 atom stereocenters. The highest BCUT2D eigenvalue weighted by atomic mass is 32.2. The highest BCUT2D eigenvalue weighted by molar-refractivity contribution is 7.90. The molecule has 1 aromatic heterocycles. The van der Waals surface area contributed by atoms with Gasteiger partial charge in [-0.25, -0.2) is 17.2 Å². The third-order valence-electron chi connectivity index (χ3n) is 6.30. The van der Waals surface area contributed by atoms with Gasteiger partial charge in [-0.15, -0.1) is 0 Å². The molecule has 2 heterocycles. The lowest BCUT2D eigenvalue weighted by Gasteiger charge is -2.41. The van der Waals surface area contributed by atoms with E-state index in [1.54, 1.807) is 0 Å². The van der Waals surface area contributed by atoms with Crippen LogP contribution in [0.2, 0.25) is 0 Å². The molecule has 0 unspecified atom stereocenters. The summed E-state index contributed by atoms with van der Waals surface area (Å²) in [5.74, 6) is -0.139. The van der Waals surface area contributed by atoms with E-state index in [4.69, 9.17) is 9.26 Å². The van der Waals surface area contributed by atoms with E-state index in [0.717, 1.165) is 64.2 Å². The summed E-state index contributed by atoms with van der Waals surface area (Å²) >= 11 is 0. The predicted molar refractivity (Wildman–Crippen MR) is 114 cm³/mol. The van der Waals surface area contributed by atoms with Gasteiger partial charge in [0.05, 0.1) is 11.5 Å². The van der Waals surface area contributed by atoms with Gasteiger partial charge in [-0.3, -0.25) is 4.90 Å². The molecule has 0 amide bonds. The normalized spacial score (nSPS) is 22.8. The molecule has 0 bridgehead atoms. The molecule has 2 aromatic rings. The Hall–Kier alpha value is -2.27. The number of piperazine rings is 1. The molecule has 8 nitrogen and oxygen atoms in total. The molecule has 176 valence electrons. The molecule has 1 aromatic carbocycles. The second kappa shape index (κ2) is 9.70. The molecule has 1 saturated heterocycles. The van der Waals surface area contributed by atoms with Crippen LogP contribution < -0.4 is 9.64 Å². The van der Waals surface area contributed by atoms with Crippen molar-refractivity contribution in [1.82, 2.24) is 15.0 Å². The van der Waals surface area contributed by atoms with Gasteiger partial charge in [0.15, 0.2) is 28.1 Å². The maximum absolute atomic E-state index is 14.2. The minimum absolute atomic E-state index is 0.0510. The van der Waals surface area contributed by atoms with Gasteiger partial charge in [0.25, 0.3) is 0 Å². The average Bonchev–Trinajstić information content (AvgIpc) is 3.27. The Kier molecular flexibility index (Phi) is 6.94. The molecule has 2 fully saturated rings. The number of halogens is 2. The lowest BCUT2D eigenvalue weighted by molar-refractivity contribution is 0.109. The van der Waals surface area contributed by atoms with Crippen LogP contribution in [0.25, 0.3) is 0 Å². The number of anilines is 1. The number of hydrogen-bond donors (Lipinski definition) is 0. The fourth-order valence-corrected chi connectivity index (χ4v) is 5.05. The Bertz CT molecular complexity index is 1020. The van der Waals surface area contributed by atoms with E-state index >= 15 is 0 Å². The third-order valence-corrected chi connectivity index (χ3v) is 7.41. The van der Waals surface area contributed by atoms with Crippen molar-refractivity contribution in [3.63, 3.8) is 0 Å². The molecule has 0 radical (unpaired) electrons. The van der Waals surface area contributed by atoms with Crippen LogP contribution in [0.1, 0.15) is 31.5 Å². The predicted octanol–water partition coefficient (Wildman–Crippen LogP) is 2.84. The van der Waals surface area contributed by atoms with Gasteiger partial charge >= 0.3 is 6.01 Å². The van der Waals surface area contributed by atoms with E-state index in [1.165, 1.54) is 12.1 Å². The lowest BCUT2D eigenvalue weighted by Crippen LogP contribution is -2.51. The van der Waals surface area contributed by atoms with E-state index in [1.807, 2.05) is 4.90 Å². The average molecular weight is 471 g/mol. The summed E-state index contributed by atoms with van der Waals surface area (Å²) < 4.78 is 60.6. The van der Waals surface area contributed by atoms with Gasteiger partial charge in [0.2, 0.25) is 5.82 Å². The van der Waals surface area contributed by atoms with Crippen molar-refractivity contribution in [1.29, 1.82) is 0 Å². The number of aromatic nitrogens is 2. The van der Waals surface area contributed by atoms with Gasteiger partial charge in [0, 0.05) is 38.5 Å². The first kappa shape index (κ1) is 22.9. The fraction of sp³-hybridized carbons (Fsp3) is 0.619. The fourth-order valence-electron chi connectivity index (χ4n) is 4.42. The topological polar surface area (TPSA) is 88.8 Å². The Morgan fingerprint density at radius 3 is 2.47 bits per heavy atom. The first-order chi connectivity index (χ1) is 15.3. The first-order valence-corrected chi connectivity index (χ1v) is 12.7. The van der Waals surface area contributed by atoms with Crippen LogP contribution in [0.5, 0.6) is 5.75 Å². The van der Waals surface area contributed by atoms with Crippen molar-refractivity contribution in [3.05, 3.63) is 29.8 Å². The van der Waals surface area contributed by atoms with Crippen LogP contribution in [0, 0.1) is 11.7 Å². The number of sulfone groups is 1. The number of hydrogen-bond acceptors (Lipinski definition) is 8. The Balaban J connectivity index is 1.21. The monoisotopic (exact) mass is 470 g/mol. The molecular formula is C21H28F2N4O4S. The van der Waals surface area contributed by atoms with Crippen molar-refractivity contribution in [2.24, 2.45) is 5.92 Å². The molecule has 4 rings (SSSR count). The second-order valence-electron chi connectivity index (χ2n) is 8.50. The van der Waals surface area contributed by atoms with Crippen LogP contribution in [0.4, 0.5) is 14.8 Å². The smallest absolute Gasteiger partial charge is 0.324 e. The van der Waals surface area contributed by atoms with Gasteiger partial charge < -0.3 is 14.2 Å². The first-order valence-electron chi connectivity index (χ1n) is 10.8. The summed E-state index contributed by atoms with van der Waals surface area (Å²) in [6, 6.07) is 4.65. The molecule has 32 heavy (non-hydrogen) atoms. The lowest BCUT2D eigenvalue weighted by atomic mass is 9.85. The van der Waals surface area contributed by atoms with E-state index < -0.39 is 22.3 Å². The van der Waals surface area contributed by atoms with Crippen LogP contribution in [-0.2, 0) is 16.5 Å². The largest absolute Gasteiger partial charge is 0.490 e. The zero-order chi connectivity index (χ0) is 22.7. The number of rotatable bonds is 7. The molecule has 0 spiro atoms. The second-order valence-corrected chi connectivity index (χ2v) is 10.5. The van der Waals surface area contributed by atoms with Gasteiger partial charge in [-0.05, 0) is 49.8 Å². The van der Waals surface area contributed by atoms with Crippen LogP contribution in [-0.4, -0.2) is 68.5 Å². The SMILES string of the molecule is CS(=O)(=O)c1ccc(OC[C@H]2CC[C@H](N3CCN(c4nc(CF)no4)CC3)CC2)c(F)c1. The maximum atomic E-state index is 14.2. The zero-order valence-corrected chi connectivity index (χ0v) is 18.9. The van der Waals surface area contributed by atoms with Crippen molar-refractivity contribution in [3.8, 4) is 5.75 Å². The number of ether oxygens (including phenoxy) is 1. The summed E-state index contributed by atoms with van der Waals surface area (Å²) in [5, 5.41) is 3.61. The summed E-state index contributed by atoms with van der Waals surface area (Å²) in [5.41, 5.74) is 0. The van der Waals surface area contributed by atoms with Gasteiger partial charge in [0.1, 0.15) is 0 Å². The minimum Gasteiger partial charge on any atom is -0.490 e. The third kappa shape index (κ3) is 5.37. The summed E-state index contributed by atoms with van der Waals surface area (Å²) in [4.78, 5) is 8.47. The van der Waals surface area contributed by atoms with Crippen molar-refractivity contribution >= 4 is 15.9 Å². The van der Waals surface area contributed by atoms with Crippen molar-refractivity contribution in [2.45, 2.75) is 43.3 Å². The molecule has 0 N–H and O–H groups in total. The molecule has 2 aliphatic rings. The molecular weight excluding hydrogens is 442 g/mol. The van der Waals surface area contributed by atoms with Gasteiger partial charge in [-0.1, -0.05) is 5.16 Å². The quantitative estimate of drug-likeness (QED) is 0.611. The van der Waals surface area contributed by atoms with E-state index in [9.17, 15) is 17.2 Å². The highest BCUT2D eigenvalue weighted by Crippen LogP contribution is 2.30. The summed E-state index contributed by atoms with van der Waals surface area (Å²) in [6.45, 7) is 2.99. The van der Waals surface area contributed by atoms with E-state index in [2.05, 4.69) is 15.0 Å². The van der Waals surface area contributed by atoms with Gasteiger partial charge in [-0.2, -0.15) is 4.98 Å². The maximum Gasteiger partial charge on any atom is 0.324 e. The Morgan fingerprint density at radius 2 is 1.88 bits per heavy atom. The zero-order valence-electron chi connectivity index (χ0n) is 18.0. The summed E-state index contributed by atoms with van der Waals surface area (Å²) in [6.07, 6.45) is 5.15. The minimum atomic E-state index is -3.44. The van der Waals surface area contributed by atoms with Crippen molar-refractivity contribution < 1.29 is 26.5 Å². The van der Waals surface area contributed by atoms with E-state index in [-0.39, 0.29) is 16.5 Å². The molecule has 11 heteroatoms. The van der Waals surface area contributed by atoms with Crippen LogP contribution in [0.3, 0.4) is 0 Å². The highest BCUT2D eigenvalue weighted by Gasteiger charge is 2.30. The number of nitrogens with zero attached hydrogens (tertiary/aromatic N) is 4. The van der Waals surface area contributed by atoms with Crippen LogP contribution >= 0.6 is 0 Å². The molecule has 1 aliphatic carbocycles. The standard InChI is InChI=1S/C21H28F2N4O4S/c1-32(28,29)17-6-7-19(18(23)12-17)30-14-15-2-4-16(5-3-15)26-8-10-27(11-9-26)21-24-20(13-22)25-31-21/h6-7,12,15-16H,2-5,8-11,13-14H2,1H3/t15-,16-. The Morgan fingerprint density at radius 1 is 1.16 bits per heavy atom. The summed E-state index contributed by atoms with van der Waals surface area (Å²) in [7, 11) is -3.44. The van der Waals surface area contributed by atoms with E-state index in [0.29, 0.717) is 24.6 Å². The molecule has 1 saturated carbocycles.